The van der Waals surface area contributed by atoms with Crippen molar-refractivity contribution in [2.75, 3.05) is 0 Å². The summed E-state index contributed by atoms with van der Waals surface area (Å²) in [6.07, 6.45) is 1.79. The van der Waals surface area contributed by atoms with Gasteiger partial charge in [-0.05, 0) is 52.6 Å². The Morgan fingerprint density at radius 3 is 1.27 bits per heavy atom. The molecule has 44 heavy (non-hydrogen) atoms. The smallest absolute Gasteiger partial charge is 0.164 e. The molecule has 5 heteroatoms. The van der Waals surface area contributed by atoms with Crippen molar-refractivity contribution in [1.29, 1.82) is 5.26 Å². The largest absolute Gasteiger partial charge is 0.256 e. The van der Waals surface area contributed by atoms with E-state index in [9.17, 15) is 5.26 Å². The van der Waals surface area contributed by atoms with E-state index < -0.39 is 0 Å². The fourth-order valence-corrected chi connectivity index (χ4v) is 5.14. The second kappa shape index (κ2) is 11.9. The predicted molar refractivity (Wildman–Crippen MR) is 175 cm³/mol. The molecular formula is C39H25N5. The van der Waals surface area contributed by atoms with Crippen LogP contribution in [0.15, 0.2) is 152 Å². The highest BCUT2D eigenvalue weighted by molar-refractivity contribution is 5.78. The van der Waals surface area contributed by atoms with Gasteiger partial charge in [0.15, 0.2) is 17.5 Å². The fraction of sp³-hybridized carbons (Fsp3) is 0. The topological polar surface area (TPSA) is 75.3 Å². The lowest BCUT2D eigenvalue weighted by Crippen LogP contribution is -2.00. The summed E-state index contributed by atoms with van der Waals surface area (Å²) in [6, 6.07) is 50.5. The van der Waals surface area contributed by atoms with Crippen LogP contribution in [-0.4, -0.2) is 19.9 Å². The Morgan fingerprint density at radius 1 is 0.386 bits per heavy atom. The molecule has 5 aromatic carbocycles. The summed E-state index contributed by atoms with van der Waals surface area (Å²) in [7, 11) is 0. The summed E-state index contributed by atoms with van der Waals surface area (Å²) in [5, 5.41) is 9.83. The van der Waals surface area contributed by atoms with Crippen LogP contribution in [0.2, 0.25) is 0 Å². The molecule has 7 rings (SSSR count). The Balaban J connectivity index is 1.23. The highest BCUT2D eigenvalue weighted by Gasteiger charge is 2.13. The SMILES string of the molecule is N#Cc1cc(-c2ccc(-c3ccccn3)cc2)cc(-c2ccc(-c3nc(-c4ccccc4)nc(-c4ccccc4)n3)cc2)c1. The van der Waals surface area contributed by atoms with E-state index in [0.29, 0.717) is 23.0 Å². The first-order chi connectivity index (χ1) is 21.7. The molecule has 0 amide bonds. The van der Waals surface area contributed by atoms with Gasteiger partial charge in [0.25, 0.3) is 0 Å². The molecule has 7 aromatic rings. The number of nitrogens with zero attached hydrogens (tertiary/aromatic N) is 5. The van der Waals surface area contributed by atoms with Gasteiger partial charge in [0.05, 0.1) is 17.3 Å². The first-order valence-electron chi connectivity index (χ1n) is 14.3. The third kappa shape index (κ3) is 5.61. The lowest BCUT2D eigenvalue weighted by atomic mass is 9.95. The average Bonchev–Trinajstić information content (AvgIpc) is 3.12. The summed E-state index contributed by atoms with van der Waals surface area (Å²) in [5.74, 6) is 1.85. The Bertz CT molecular complexity index is 2030. The molecule has 0 aliphatic carbocycles. The molecule has 5 nitrogen and oxygen atoms in total. The van der Waals surface area contributed by atoms with Crippen LogP contribution in [0.3, 0.4) is 0 Å². The minimum absolute atomic E-state index is 0.601. The second-order valence-corrected chi connectivity index (χ2v) is 10.3. The van der Waals surface area contributed by atoms with Crippen LogP contribution in [-0.2, 0) is 0 Å². The van der Waals surface area contributed by atoms with Gasteiger partial charge in [-0.3, -0.25) is 4.98 Å². The summed E-state index contributed by atoms with van der Waals surface area (Å²) in [6.45, 7) is 0. The summed E-state index contributed by atoms with van der Waals surface area (Å²) < 4.78 is 0. The maximum absolute atomic E-state index is 9.83. The number of nitriles is 1. The van der Waals surface area contributed by atoms with Gasteiger partial charge >= 0.3 is 0 Å². The van der Waals surface area contributed by atoms with Crippen LogP contribution in [0.1, 0.15) is 5.56 Å². The zero-order valence-electron chi connectivity index (χ0n) is 23.7. The minimum atomic E-state index is 0.601. The lowest BCUT2D eigenvalue weighted by Gasteiger charge is -2.10. The van der Waals surface area contributed by atoms with E-state index in [-0.39, 0.29) is 0 Å². The molecule has 206 valence electrons. The molecule has 0 fully saturated rings. The van der Waals surface area contributed by atoms with E-state index in [4.69, 9.17) is 15.0 Å². The van der Waals surface area contributed by atoms with Crippen LogP contribution in [0.5, 0.6) is 0 Å². The van der Waals surface area contributed by atoms with Crippen molar-refractivity contribution in [1.82, 2.24) is 19.9 Å². The molecule has 2 heterocycles. The first kappa shape index (κ1) is 26.6. The number of benzene rings is 5. The third-order valence-electron chi connectivity index (χ3n) is 7.42. The summed E-state index contributed by atoms with van der Waals surface area (Å²) in [4.78, 5) is 18.9. The maximum Gasteiger partial charge on any atom is 0.164 e. The molecule has 0 atom stereocenters. The molecule has 0 N–H and O–H groups in total. The Morgan fingerprint density at radius 2 is 0.818 bits per heavy atom. The fourth-order valence-electron chi connectivity index (χ4n) is 5.14. The minimum Gasteiger partial charge on any atom is -0.256 e. The number of pyridine rings is 1. The highest BCUT2D eigenvalue weighted by Crippen LogP contribution is 2.31. The van der Waals surface area contributed by atoms with E-state index in [1.54, 1.807) is 6.20 Å². The van der Waals surface area contributed by atoms with E-state index in [1.807, 2.05) is 115 Å². The van der Waals surface area contributed by atoms with Crippen molar-refractivity contribution in [2.45, 2.75) is 0 Å². The average molecular weight is 564 g/mol. The van der Waals surface area contributed by atoms with Crippen LogP contribution in [0, 0.1) is 11.3 Å². The van der Waals surface area contributed by atoms with Gasteiger partial charge in [0, 0.05) is 28.5 Å². The van der Waals surface area contributed by atoms with Crippen molar-refractivity contribution >= 4 is 0 Å². The van der Waals surface area contributed by atoms with Crippen LogP contribution in [0.25, 0.3) is 67.7 Å². The van der Waals surface area contributed by atoms with E-state index >= 15 is 0 Å². The number of rotatable bonds is 6. The standard InChI is InChI=1S/C39H25N5/c40-26-27-23-34(28-14-18-30(19-15-28)36-13-7-8-22-41-36)25-35(24-27)29-16-20-33(21-17-29)39-43-37(31-9-3-1-4-10-31)42-38(44-39)32-11-5-2-6-12-32/h1-25H. The molecule has 0 unspecified atom stereocenters. The normalized spacial score (nSPS) is 10.7. The third-order valence-corrected chi connectivity index (χ3v) is 7.42. The van der Waals surface area contributed by atoms with Gasteiger partial charge in [-0.2, -0.15) is 5.26 Å². The van der Waals surface area contributed by atoms with Gasteiger partial charge in [-0.15, -0.1) is 0 Å². The molecule has 0 bridgehead atoms. The van der Waals surface area contributed by atoms with Crippen LogP contribution in [0.4, 0.5) is 0 Å². The van der Waals surface area contributed by atoms with Crippen molar-refractivity contribution in [2.24, 2.45) is 0 Å². The molecule has 0 saturated carbocycles. The Labute approximate surface area is 255 Å². The molecular weight excluding hydrogens is 538 g/mol. The number of hydrogen-bond acceptors (Lipinski definition) is 5. The molecule has 0 aliphatic rings. The summed E-state index contributed by atoms with van der Waals surface area (Å²) >= 11 is 0. The van der Waals surface area contributed by atoms with Gasteiger partial charge in [-0.1, -0.05) is 115 Å². The number of aromatic nitrogens is 4. The van der Waals surface area contributed by atoms with E-state index in [2.05, 4.69) is 41.4 Å². The second-order valence-electron chi connectivity index (χ2n) is 10.3. The zero-order chi connectivity index (χ0) is 29.7. The van der Waals surface area contributed by atoms with Crippen molar-refractivity contribution in [3.8, 4) is 73.7 Å². The van der Waals surface area contributed by atoms with Crippen LogP contribution < -0.4 is 0 Å². The Kier molecular flexibility index (Phi) is 7.22. The maximum atomic E-state index is 9.83. The monoisotopic (exact) mass is 563 g/mol. The van der Waals surface area contributed by atoms with Crippen molar-refractivity contribution in [3.63, 3.8) is 0 Å². The Hall–Kier alpha value is -6.25. The van der Waals surface area contributed by atoms with Gasteiger partial charge < -0.3 is 0 Å². The van der Waals surface area contributed by atoms with E-state index in [1.165, 1.54) is 0 Å². The molecule has 0 saturated heterocycles. The first-order valence-corrected chi connectivity index (χ1v) is 14.3. The van der Waals surface area contributed by atoms with Crippen LogP contribution >= 0.6 is 0 Å². The predicted octanol–water partition coefficient (Wildman–Crippen LogP) is 9.14. The molecule has 0 aliphatic heterocycles. The van der Waals surface area contributed by atoms with Gasteiger partial charge in [-0.25, -0.2) is 15.0 Å². The van der Waals surface area contributed by atoms with Gasteiger partial charge in [0.1, 0.15) is 0 Å². The quantitative estimate of drug-likeness (QED) is 0.202. The van der Waals surface area contributed by atoms with Crippen molar-refractivity contribution in [3.05, 3.63) is 157 Å². The zero-order valence-corrected chi connectivity index (χ0v) is 23.7. The highest BCUT2D eigenvalue weighted by atomic mass is 15.0. The van der Waals surface area contributed by atoms with E-state index in [0.717, 1.165) is 50.2 Å². The number of hydrogen-bond donors (Lipinski definition) is 0. The molecule has 0 spiro atoms. The van der Waals surface area contributed by atoms with Gasteiger partial charge in [0.2, 0.25) is 0 Å². The van der Waals surface area contributed by atoms with Crippen molar-refractivity contribution < 1.29 is 0 Å². The lowest BCUT2D eigenvalue weighted by molar-refractivity contribution is 1.07. The molecule has 0 radical (unpaired) electrons. The molecule has 2 aromatic heterocycles. The summed E-state index contributed by atoms with van der Waals surface area (Å²) in [5.41, 5.74) is 9.29.